The van der Waals surface area contributed by atoms with Crippen LogP contribution in [0.2, 0.25) is 0 Å². The van der Waals surface area contributed by atoms with E-state index in [0.29, 0.717) is 6.54 Å². The van der Waals surface area contributed by atoms with E-state index in [1.54, 1.807) is 6.92 Å². The first-order valence-corrected chi connectivity index (χ1v) is 5.09. The lowest BCUT2D eigenvalue weighted by molar-refractivity contribution is -0.130. The fraction of sp³-hybridized carbons (Fsp3) is 0.900. The molecular formula is C10H20N2O2. The van der Waals surface area contributed by atoms with E-state index < -0.39 is 5.60 Å². The van der Waals surface area contributed by atoms with Gasteiger partial charge >= 0.3 is 0 Å². The van der Waals surface area contributed by atoms with Gasteiger partial charge in [-0.3, -0.25) is 9.69 Å². The Bertz CT molecular complexity index is 203. The van der Waals surface area contributed by atoms with Crippen LogP contribution in [0.15, 0.2) is 0 Å². The number of hydrogen-bond donors (Lipinski definition) is 1. The Labute approximate surface area is 85.5 Å². The first-order valence-electron chi connectivity index (χ1n) is 5.09. The number of hydrogen-bond acceptors (Lipinski definition) is 3. The number of rotatable bonds is 2. The summed E-state index contributed by atoms with van der Waals surface area (Å²) in [5.41, 5.74) is -0.640. The minimum absolute atomic E-state index is 0.146. The zero-order valence-corrected chi connectivity index (χ0v) is 9.29. The third-order valence-corrected chi connectivity index (χ3v) is 2.43. The zero-order valence-electron chi connectivity index (χ0n) is 9.29. The molecule has 1 N–H and O–H groups in total. The number of piperazine rings is 1. The number of amides is 1. The fourth-order valence-corrected chi connectivity index (χ4v) is 1.77. The van der Waals surface area contributed by atoms with Crippen LogP contribution in [0.4, 0.5) is 0 Å². The van der Waals surface area contributed by atoms with Crippen molar-refractivity contribution in [3.63, 3.8) is 0 Å². The minimum Gasteiger partial charge on any atom is -0.389 e. The Morgan fingerprint density at radius 3 is 2.14 bits per heavy atom. The lowest BCUT2D eigenvalue weighted by Gasteiger charge is -2.36. The molecule has 0 spiro atoms. The van der Waals surface area contributed by atoms with Crippen LogP contribution in [0.5, 0.6) is 0 Å². The van der Waals surface area contributed by atoms with Gasteiger partial charge in [0.1, 0.15) is 0 Å². The number of carbonyl (C=O) groups excluding carboxylic acids is 1. The molecule has 1 fully saturated rings. The first kappa shape index (κ1) is 11.5. The normalized spacial score (nSPS) is 19.9. The lowest BCUT2D eigenvalue weighted by atomic mass is 10.1. The van der Waals surface area contributed by atoms with Gasteiger partial charge in [0, 0.05) is 39.6 Å². The molecule has 1 heterocycles. The fourth-order valence-electron chi connectivity index (χ4n) is 1.77. The van der Waals surface area contributed by atoms with Crippen LogP contribution < -0.4 is 0 Å². The van der Waals surface area contributed by atoms with E-state index in [1.165, 1.54) is 0 Å². The van der Waals surface area contributed by atoms with Crippen LogP contribution in [-0.4, -0.2) is 59.1 Å². The standard InChI is InChI=1S/C10H20N2O2/c1-9(13)12-6-4-11(5-7-12)8-10(2,3)14/h14H,4-8H2,1-3H3. The predicted octanol–water partition coefficient (Wildman–Crippen LogP) is -0.0786. The SMILES string of the molecule is CC(=O)N1CCN(CC(C)(C)O)CC1. The van der Waals surface area contributed by atoms with Crippen molar-refractivity contribution in [3.05, 3.63) is 0 Å². The summed E-state index contributed by atoms with van der Waals surface area (Å²) in [6, 6.07) is 0. The number of carbonyl (C=O) groups is 1. The van der Waals surface area contributed by atoms with Gasteiger partial charge < -0.3 is 10.0 Å². The third kappa shape index (κ3) is 3.64. The van der Waals surface area contributed by atoms with Crippen LogP contribution in [-0.2, 0) is 4.79 Å². The van der Waals surface area contributed by atoms with Crippen LogP contribution in [0, 0.1) is 0 Å². The molecule has 0 aliphatic carbocycles. The highest BCUT2D eigenvalue weighted by Gasteiger charge is 2.23. The molecule has 0 atom stereocenters. The molecule has 4 heteroatoms. The summed E-state index contributed by atoms with van der Waals surface area (Å²) in [7, 11) is 0. The van der Waals surface area contributed by atoms with Gasteiger partial charge in [0.05, 0.1) is 5.60 Å². The summed E-state index contributed by atoms with van der Waals surface area (Å²) in [5, 5.41) is 9.62. The molecule has 1 amide bonds. The van der Waals surface area contributed by atoms with Crippen molar-refractivity contribution in [3.8, 4) is 0 Å². The molecule has 14 heavy (non-hydrogen) atoms. The van der Waals surface area contributed by atoms with Crippen molar-refractivity contribution >= 4 is 5.91 Å². The van der Waals surface area contributed by atoms with Crippen molar-refractivity contribution in [2.75, 3.05) is 32.7 Å². The highest BCUT2D eigenvalue weighted by atomic mass is 16.3. The predicted molar refractivity (Wildman–Crippen MR) is 55.0 cm³/mol. The van der Waals surface area contributed by atoms with E-state index in [-0.39, 0.29) is 5.91 Å². The second-order valence-electron chi connectivity index (χ2n) is 4.59. The van der Waals surface area contributed by atoms with E-state index in [0.717, 1.165) is 26.2 Å². The average molecular weight is 200 g/mol. The summed E-state index contributed by atoms with van der Waals surface area (Å²) in [4.78, 5) is 15.1. The van der Waals surface area contributed by atoms with Crippen molar-refractivity contribution < 1.29 is 9.90 Å². The lowest BCUT2D eigenvalue weighted by Crippen LogP contribution is -2.51. The van der Waals surface area contributed by atoms with E-state index in [2.05, 4.69) is 4.90 Å². The Morgan fingerprint density at radius 2 is 1.79 bits per heavy atom. The molecule has 0 aromatic rings. The van der Waals surface area contributed by atoms with Crippen LogP contribution in [0.25, 0.3) is 0 Å². The molecule has 0 unspecified atom stereocenters. The second kappa shape index (κ2) is 4.28. The van der Waals surface area contributed by atoms with Gasteiger partial charge in [0.15, 0.2) is 0 Å². The molecule has 0 saturated carbocycles. The highest BCUT2D eigenvalue weighted by molar-refractivity contribution is 5.73. The number of β-amino-alcohol motifs (C(OH)–C–C–N with tert-alkyl or cyclic N) is 1. The molecule has 0 radical (unpaired) electrons. The summed E-state index contributed by atoms with van der Waals surface area (Å²) in [5.74, 6) is 0.146. The molecule has 0 bridgehead atoms. The van der Waals surface area contributed by atoms with Crippen LogP contribution >= 0.6 is 0 Å². The zero-order chi connectivity index (χ0) is 10.8. The van der Waals surface area contributed by atoms with Crippen LogP contribution in [0.1, 0.15) is 20.8 Å². The summed E-state index contributed by atoms with van der Waals surface area (Å²) < 4.78 is 0. The van der Waals surface area contributed by atoms with E-state index >= 15 is 0 Å². The van der Waals surface area contributed by atoms with Gasteiger partial charge in [0.25, 0.3) is 0 Å². The smallest absolute Gasteiger partial charge is 0.219 e. The topological polar surface area (TPSA) is 43.8 Å². The highest BCUT2D eigenvalue weighted by Crippen LogP contribution is 2.08. The van der Waals surface area contributed by atoms with Gasteiger partial charge in [-0.25, -0.2) is 0 Å². The Morgan fingerprint density at radius 1 is 1.29 bits per heavy atom. The summed E-state index contributed by atoms with van der Waals surface area (Å²) in [6.07, 6.45) is 0. The molecule has 1 rings (SSSR count). The van der Waals surface area contributed by atoms with Gasteiger partial charge in [0.2, 0.25) is 5.91 Å². The summed E-state index contributed by atoms with van der Waals surface area (Å²) >= 11 is 0. The Hall–Kier alpha value is -0.610. The van der Waals surface area contributed by atoms with Crippen molar-refractivity contribution in [2.45, 2.75) is 26.4 Å². The monoisotopic (exact) mass is 200 g/mol. The quantitative estimate of drug-likeness (QED) is 0.678. The molecule has 82 valence electrons. The van der Waals surface area contributed by atoms with Crippen molar-refractivity contribution in [2.24, 2.45) is 0 Å². The molecule has 4 nitrogen and oxygen atoms in total. The number of nitrogens with zero attached hydrogens (tertiary/aromatic N) is 2. The maximum Gasteiger partial charge on any atom is 0.219 e. The first-order chi connectivity index (χ1) is 6.38. The summed E-state index contributed by atoms with van der Waals surface area (Å²) in [6.45, 7) is 9.20. The maximum atomic E-state index is 11.0. The number of aliphatic hydroxyl groups is 1. The Balaban J connectivity index is 2.33. The third-order valence-electron chi connectivity index (χ3n) is 2.43. The molecule has 1 aliphatic rings. The van der Waals surface area contributed by atoms with Crippen molar-refractivity contribution in [1.82, 2.24) is 9.80 Å². The average Bonchev–Trinajstić information content (AvgIpc) is 2.02. The Kier molecular flexibility index (Phi) is 3.50. The molecule has 1 saturated heterocycles. The largest absolute Gasteiger partial charge is 0.389 e. The molecule has 0 aromatic heterocycles. The van der Waals surface area contributed by atoms with Gasteiger partial charge in [-0.15, -0.1) is 0 Å². The molecule has 1 aliphatic heterocycles. The van der Waals surface area contributed by atoms with Crippen molar-refractivity contribution in [1.29, 1.82) is 0 Å². The minimum atomic E-state index is -0.640. The molecule has 0 aromatic carbocycles. The molecular weight excluding hydrogens is 180 g/mol. The van der Waals surface area contributed by atoms with E-state index in [4.69, 9.17) is 0 Å². The van der Waals surface area contributed by atoms with E-state index in [9.17, 15) is 9.90 Å². The van der Waals surface area contributed by atoms with Gasteiger partial charge in [-0.05, 0) is 13.8 Å². The maximum absolute atomic E-state index is 11.0. The van der Waals surface area contributed by atoms with Crippen LogP contribution in [0.3, 0.4) is 0 Å². The second-order valence-corrected chi connectivity index (χ2v) is 4.59. The van der Waals surface area contributed by atoms with Gasteiger partial charge in [-0.2, -0.15) is 0 Å². The van der Waals surface area contributed by atoms with Gasteiger partial charge in [-0.1, -0.05) is 0 Å². The van der Waals surface area contributed by atoms with E-state index in [1.807, 2.05) is 18.7 Å².